The Morgan fingerprint density at radius 3 is 2.95 bits per heavy atom. The van der Waals surface area contributed by atoms with Crippen LogP contribution >= 0.6 is 0 Å². The molecule has 8 heteroatoms. The highest BCUT2D eigenvalue weighted by atomic mass is 16.4. The molecule has 0 radical (unpaired) electrons. The van der Waals surface area contributed by atoms with E-state index in [1.54, 1.807) is 4.57 Å². The van der Waals surface area contributed by atoms with Crippen LogP contribution in [0.4, 0.5) is 0 Å². The smallest absolute Gasteiger partial charge is 0.356 e. The van der Waals surface area contributed by atoms with Gasteiger partial charge in [-0.15, -0.1) is 0 Å². The number of nitrogens with one attached hydrogen (secondary N) is 2. The minimum atomic E-state index is -1.08. The number of carboxylic acids is 1. The quantitative estimate of drug-likeness (QED) is 0.512. The van der Waals surface area contributed by atoms with Gasteiger partial charge in [-0.05, 0) is 6.42 Å². The van der Waals surface area contributed by atoms with Crippen molar-refractivity contribution >= 4 is 11.9 Å². The number of imidazole rings is 1. The Bertz CT molecular complexity index is 473. The molecule has 0 bridgehead atoms. The van der Waals surface area contributed by atoms with E-state index in [4.69, 9.17) is 5.11 Å². The van der Waals surface area contributed by atoms with E-state index >= 15 is 0 Å². The van der Waals surface area contributed by atoms with Crippen LogP contribution in [0.2, 0.25) is 0 Å². The van der Waals surface area contributed by atoms with Crippen molar-refractivity contribution < 1.29 is 19.8 Å². The van der Waals surface area contributed by atoms with Gasteiger partial charge in [0, 0.05) is 25.8 Å². The van der Waals surface area contributed by atoms with Crippen molar-refractivity contribution in [2.75, 3.05) is 13.1 Å². The predicted octanol–water partition coefficient (Wildman–Crippen LogP) is -1.58. The fraction of sp³-hybridized carbons (Fsp3) is 0.545. The van der Waals surface area contributed by atoms with Crippen LogP contribution in [-0.2, 0) is 11.3 Å². The molecule has 0 saturated carbocycles. The molecule has 2 atom stereocenters. The van der Waals surface area contributed by atoms with Gasteiger partial charge in [0.1, 0.15) is 0 Å². The Hall–Kier alpha value is -1.93. The summed E-state index contributed by atoms with van der Waals surface area (Å²) in [6, 6.07) is -0.354. The van der Waals surface area contributed by atoms with Crippen molar-refractivity contribution in [3.63, 3.8) is 0 Å². The maximum atomic E-state index is 11.7. The second-order valence-corrected chi connectivity index (χ2v) is 4.44. The van der Waals surface area contributed by atoms with Crippen LogP contribution in [0, 0.1) is 0 Å². The van der Waals surface area contributed by atoms with E-state index in [0.29, 0.717) is 26.1 Å². The van der Waals surface area contributed by atoms with E-state index in [-0.39, 0.29) is 17.6 Å². The van der Waals surface area contributed by atoms with Crippen molar-refractivity contribution in [1.82, 2.24) is 20.2 Å². The van der Waals surface area contributed by atoms with E-state index in [1.165, 1.54) is 12.5 Å². The van der Waals surface area contributed by atoms with Gasteiger partial charge in [0.15, 0.2) is 5.69 Å². The lowest BCUT2D eigenvalue weighted by molar-refractivity contribution is -0.122. The number of carboxylic acid groups (broad SMARTS) is 1. The summed E-state index contributed by atoms with van der Waals surface area (Å²) in [5.74, 6) is -1.23. The molecule has 0 aliphatic carbocycles. The third-order valence-corrected chi connectivity index (χ3v) is 2.95. The summed E-state index contributed by atoms with van der Waals surface area (Å²) >= 11 is 0. The first kappa shape index (κ1) is 13.5. The Kier molecular flexibility index (Phi) is 4.13. The molecule has 0 spiro atoms. The summed E-state index contributed by atoms with van der Waals surface area (Å²) < 4.78 is 1.60. The number of aromatic nitrogens is 2. The molecule has 1 fully saturated rings. The number of rotatable bonds is 5. The number of amides is 1. The first-order valence-corrected chi connectivity index (χ1v) is 6.00. The van der Waals surface area contributed by atoms with Crippen LogP contribution in [0.1, 0.15) is 16.9 Å². The summed E-state index contributed by atoms with van der Waals surface area (Å²) in [4.78, 5) is 26.0. The van der Waals surface area contributed by atoms with E-state index in [9.17, 15) is 14.7 Å². The molecule has 104 valence electrons. The molecule has 19 heavy (non-hydrogen) atoms. The van der Waals surface area contributed by atoms with Crippen LogP contribution in [0.3, 0.4) is 0 Å². The van der Waals surface area contributed by atoms with E-state index in [1.807, 2.05) is 0 Å². The zero-order chi connectivity index (χ0) is 13.8. The highest BCUT2D eigenvalue weighted by Crippen LogP contribution is 2.05. The second-order valence-electron chi connectivity index (χ2n) is 4.44. The highest BCUT2D eigenvalue weighted by molar-refractivity contribution is 5.84. The monoisotopic (exact) mass is 268 g/mol. The molecule has 1 saturated heterocycles. The third kappa shape index (κ3) is 3.52. The number of aromatic carboxylic acids is 1. The number of carbonyl (C=O) groups excluding carboxylic acids is 1. The first-order valence-electron chi connectivity index (χ1n) is 6.00. The van der Waals surface area contributed by atoms with Crippen molar-refractivity contribution in [2.24, 2.45) is 0 Å². The maximum Gasteiger partial charge on any atom is 0.356 e. The van der Waals surface area contributed by atoms with Crippen molar-refractivity contribution in [3.8, 4) is 0 Å². The highest BCUT2D eigenvalue weighted by Gasteiger charge is 2.27. The molecule has 2 heterocycles. The molecule has 1 aliphatic rings. The van der Waals surface area contributed by atoms with Gasteiger partial charge < -0.3 is 25.4 Å². The summed E-state index contributed by atoms with van der Waals surface area (Å²) in [6.07, 6.45) is 2.77. The Balaban J connectivity index is 1.73. The number of β-amino-alcohol motifs (C(OH)–C–C–N with tert-alkyl or cyclic N) is 1. The molecule has 8 nitrogen and oxygen atoms in total. The first-order chi connectivity index (χ1) is 9.06. The van der Waals surface area contributed by atoms with Gasteiger partial charge in [-0.2, -0.15) is 0 Å². The van der Waals surface area contributed by atoms with E-state index in [2.05, 4.69) is 15.6 Å². The molecule has 4 N–H and O–H groups in total. The van der Waals surface area contributed by atoms with Gasteiger partial charge in [-0.1, -0.05) is 0 Å². The number of hydrogen-bond donors (Lipinski definition) is 4. The predicted molar refractivity (Wildman–Crippen MR) is 64.6 cm³/mol. The van der Waals surface area contributed by atoms with Crippen LogP contribution < -0.4 is 10.6 Å². The van der Waals surface area contributed by atoms with Gasteiger partial charge in [0.05, 0.1) is 18.5 Å². The summed E-state index contributed by atoms with van der Waals surface area (Å²) in [5, 5.41) is 23.6. The molecular formula is C11H16N4O4. The number of aliphatic hydroxyl groups excluding tert-OH is 1. The van der Waals surface area contributed by atoms with Gasteiger partial charge in [-0.3, -0.25) is 4.79 Å². The second kappa shape index (κ2) is 5.81. The van der Waals surface area contributed by atoms with Crippen LogP contribution in [0.5, 0.6) is 0 Å². The fourth-order valence-corrected chi connectivity index (χ4v) is 1.94. The largest absolute Gasteiger partial charge is 0.476 e. The summed E-state index contributed by atoms with van der Waals surface area (Å²) in [5.41, 5.74) is -0.0214. The summed E-state index contributed by atoms with van der Waals surface area (Å²) in [7, 11) is 0. The lowest BCUT2D eigenvalue weighted by Gasteiger charge is -2.11. The van der Waals surface area contributed by atoms with Crippen molar-refractivity contribution in [1.29, 1.82) is 0 Å². The normalized spacial score (nSPS) is 22.4. The van der Waals surface area contributed by atoms with Crippen LogP contribution in [-0.4, -0.2) is 56.9 Å². The lowest BCUT2D eigenvalue weighted by atomic mass is 10.2. The van der Waals surface area contributed by atoms with Crippen molar-refractivity contribution in [3.05, 3.63) is 18.2 Å². The minimum absolute atomic E-state index is 0.0214. The zero-order valence-corrected chi connectivity index (χ0v) is 10.2. The molecule has 2 rings (SSSR count). The standard InChI is InChI=1S/C11H16N4O4/c16-7-3-8(13-4-7)10(17)12-1-2-15-5-9(11(18)19)14-6-15/h5-8,13,16H,1-4H2,(H,12,17)(H,18,19). The topological polar surface area (TPSA) is 116 Å². The SMILES string of the molecule is O=C(O)c1cn(CCNC(=O)C2CC(O)CN2)cn1. The average Bonchev–Trinajstić information content (AvgIpc) is 2.98. The molecule has 1 aliphatic heterocycles. The molecule has 1 aromatic heterocycles. The van der Waals surface area contributed by atoms with Gasteiger partial charge in [-0.25, -0.2) is 9.78 Å². The number of carbonyl (C=O) groups is 2. The van der Waals surface area contributed by atoms with Gasteiger partial charge in [0.25, 0.3) is 0 Å². The van der Waals surface area contributed by atoms with Crippen molar-refractivity contribution in [2.45, 2.75) is 25.1 Å². The molecule has 1 aromatic rings. The van der Waals surface area contributed by atoms with E-state index < -0.39 is 12.1 Å². The van der Waals surface area contributed by atoms with Crippen LogP contribution in [0.15, 0.2) is 12.5 Å². The Morgan fingerprint density at radius 2 is 2.37 bits per heavy atom. The number of hydrogen-bond acceptors (Lipinski definition) is 5. The maximum absolute atomic E-state index is 11.7. The molecule has 2 unspecified atom stereocenters. The Labute approximate surface area is 109 Å². The Morgan fingerprint density at radius 1 is 1.58 bits per heavy atom. The average molecular weight is 268 g/mol. The molecule has 1 amide bonds. The third-order valence-electron chi connectivity index (χ3n) is 2.95. The van der Waals surface area contributed by atoms with Gasteiger partial charge >= 0.3 is 5.97 Å². The van der Waals surface area contributed by atoms with Crippen LogP contribution in [0.25, 0.3) is 0 Å². The number of aliphatic hydroxyl groups is 1. The molecular weight excluding hydrogens is 252 g/mol. The van der Waals surface area contributed by atoms with Gasteiger partial charge in [0.2, 0.25) is 5.91 Å². The zero-order valence-electron chi connectivity index (χ0n) is 10.2. The minimum Gasteiger partial charge on any atom is -0.476 e. The summed E-state index contributed by atoms with van der Waals surface area (Å²) in [6.45, 7) is 1.26. The molecule has 0 aromatic carbocycles. The van der Waals surface area contributed by atoms with E-state index in [0.717, 1.165) is 0 Å². The number of nitrogens with zero attached hydrogens (tertiary/aromatic N) is 2. The lowest BCUT2D eigenvalue weighted by Crippen LogP contribution is -2.41. The fourth-order valence-electron chi connectivity index (χ4n) is 1.94.